The normalized spacial score (nSPS) is 17.1. The predicted molar refractivity (Wildman–Crippen MR) is 113 cm³/mol. The number of methoxy groups -OCH3 is 1. The molecule has 0 fully saturated rings. The van der Waals surface area contributed by atoms with Crippen molar-refractivity contribution in [1.29, 1.82) is 0 Å². The van der Waals surface area contributed by atoms with Crippen molar-refractivity contribution in [3.63, 3.8) is 0 Å². The number of hydrazone groups is 1. The number of benzene rings is 2. The van der Waals surface area contributed by atoms with Crippen LogP contribution in [-0.2, 0) is 20.0 Å². The first-order valence-electron chi connectivity index (χ1n) is 8.95. The van der Waals surface area contributed by atoms with Gasteiger partial charge < -0.3 is 4.74 Å². The molecule has 1 unspecified atom stereocenters. The molecule has 0 aliphatic carbocycles. The largest absolute Gasteiger partial charge is 0.496 e. The Morgan fingerprint density at radius 3 is 2.34 bits per heavy atom. The van der Waals surface area contributed by atoms with E-state index in [2.05, 4.69) is 9.82 Å². The maximum Gasteiger partial charge on any atom is 0.250 e. The van der Waals surface area contributed by atoms with Crippen molar-refractivity contribution in [3.8, 4) is 5.75 Å². The monoisotopic (exact) mass is 437 g/mol. The number of nitrogens with one attached hydrogen (secondary N) is 1. The number of sulfonamides is 2. The molecular formula is C19H23N3O5S2. The third-order valence-electron chi connectivity index (χ3n) is 4.54. The summed E-state index contributed by atoms with van der Waals surface area (Å²) < 4.78 is 57.1. The Kier molecular flexibility index (Phi) is 5.85. The summed E-state index contributed by atoms with van der Waals surface area (Å²) in [5.74, 6) is 0.519. The van der Waals surface area contributed by atoms with E-state index < -0.39 is 26.1 Å². The van der Waals surface area contributed by atoms with E-state index in [4.69, 9.17) is 4.74 Å². The average molecular weight is 438 g/mol. The molecule has 1 aliphatic heterocycles. The van der Waals surface area contributed by atoms with Crippen LogP contribution >= 0.6 is 0 Å². The molecule has 8 nitrogen and oxygen atoms in total. The van der Waals surface area contributed by atoms with Gasteiger partial charge in [0.15, 0.2) is 0 Å². The molecule has 0 amide bonds. The molecule has 10 heteroatoms. The Hall–Kier alpha value is -2.59. The van der Waals surface area contributed by atoms with Crippen molar-refractivity contribution in [2.45, 2.75) is 19.4 Å². The highest BCUT2D eigenvalue weighted by molar-refractivity contribution is 7.92. The maximum absolute atomic E-state index is 12.7. The minimum absolute atomic E-state index is 0.0767. The third kappa shape index (κ3) is 4.70. The lowest BCUT2D eigenvalue weighted by Gasteiger charge is -2.24. The standard InChI is InChI=1S/C19H23N3O5S2/c1-4-29(25,26)22-18(16-7-5-6-8-19(16)27-2)13-17(20-22)14-9-11-15(12-10-14)21-28(3,23)24/h5-12,18,21H,4,13H2,1-3H3. The quantitative estimate of drug-likeness (QED) is 0.717. The molecule has 1 atom stereocenters. The minimum atomic E-state index is -3.59. The van der Waals surface area contributed by atoms with Gasteiger partial charge in [-0.1, -0.05) is 30.3 Å². The van der Waals surface area contributed by atoms with Gasteiger partial charge in [0.25, 0.3) is 0 Å². The zero-order valence-electron chi connectivity index (χ0n) is 16.4. The Bertz CT molecular complexity index is 1130. The zero-order chi connectivity index (χ0) is 21.2. The Labute approximate surface area is 171 Å². The highest BCUT2D eigenvalue weighted by Crippen LogP contribution is 2.39. The molecule has 29 heavy (non-hydrogen) atoms. The van der Waals surface area contributed by atoms with Crippen molar-refractivity contribution >= 4 is 31.4 Å². The van der Waals surface area contributed by atoms with E-state index in [0.717, 1.165) is 21.8 Å². The first-order valence-corrected chi connectivity index (χ1v) is 12.5. The number of nitrogens with zero attached hydrogens (tertiary/aromatic N) is 2. The van der Waals surface area contributed by atoms with Crippen LogP contribution in [0.3, 0.4) is 0 Å². The summed E-state index contributed by atoms with van der Waals surface area (Å²) in [7, 11) is -5.43. The van der Waals surface area contributed by atoms with Gasteiger partial charge in [0.05, 0.1) is 30.9 Å². The molecule has 0 saturated heterocycles. The van der Waals surface area contributed by atoms with Crippen LogP contribution in [0.25, 0.3) is 0 Å². The highest BCUT2D eigenvalue weighted by Gasteiger charge is 2.37. The van der Waals surface area contributed by atoms with Crippen LogP contribution < -0.4 is 9.46 Å². The van der Waals surface area contributed by atoms with Crippen LogP contribution in [0.4, 0.5) is 5.69 Å². The number of hydrogen-bond donors (Lipinski definition) is 1. The molecule has 0 saturated carbocycles. The molecule has 3 rings (SSSR count). The molecule has 156 valence electrons. The van der Waals surface area contributed by atoms with Crippen LogP contribution in [0.5, 0.6) is 5.75 Å². The summed E-state index contributed by atoms with van der Waals surface area (Å²) in [5.41, 5.74) is 2.48. The maximum atomic E-state index is 12.7. The molecule has 1 N–H and O–H groups in total. The van der Waals surface area contributed by atoms with E-state index >= 15 is 0 Å². The summed E-state index contributed by atoms with van der Waals surface area (Å²) in [6, 6.07) is 13.4. The van der Waals surface area contributed by atoms with Gasteiger partial charge in [-0.05, 0) is 30.7 Å². The molecule has 0 spiro atoms. The Morgan fingerprint density at radius 2 is 1.76 bits per heavy atom. The predicted octanol–water partition coefficient (Wildman–Crippen LogP) is 2.57. The summed E-state index contributed by atoms with van der Waals surface area (Å²) in [6.45, 7) is 1.58. The van der Waals surface area contributed by atoms with Gasteiger partial charge in [0.1, 0.15) is 5.75 Å². The second-order valence-corrected chi connectivity index (χ2v) is 10.5. The van der Waals surface area contributed by atoms with E-state index in [1.54, 1.807) is 44.4 Å². The fourth-order valence-electron chi connectivity index (χ4n) is 3.17. The fraction of sp³-hybridized carbons (Fsp3) is 0.316. The lowest BCUT2D eigenvalue weighted by atomic mass is 9.98. The summed E-state index contributed by atoms with van der Waals surface area (Å²) >= 11 is 0. The molecule has 0 bridgehead atoms. The molecule has 0 aromatic heterocycles. The Morgan fingerprint density at radius 1 is 1.10 bits per heavy atom. The number of anilines is 1. The van der Waals surface area contributed by atoms with Crippen molar-refractivity contribution in [2.75, 3.05) is 23.8 Å². The van der Waals surface area contributed by atoms with E-state index in [1.807, 2.05) is 18.2 Å². The van der Waals surface area contributed by atoms with E-state index in [-0.39, 0.29) is 5.75 Å². The van der Waals surface area contributed by atoms with Crippen molar-refractivity contribution in [2.24, 2.45) is 5.10 Å². The third-order valence-corrected chi connectivity index (χ3v) is 6.78. The van der Waals surface area contributed by atoms with E-state index in [9.17, 15) is 16.8 Å². The van der Waals surface area contributed by atoms with Crippen LogP contribution in [0.1, 0.15) is 30.5 Å². The molecule has 2 aromatic rings. The zero-order valence-corrected chi connectivity index (χ0v) is 18.0. The summed E-state index contributed by atoms with van der Waals surface area (Å²) in [5, 5.41) is 4.41. The first-order chi connectivity index (χ1) is 13.6. The molecule has 2 aromatic carbocycles. The second kappa shape index (κ2) is 8.03. The lowest BCUT2D eigenvalue weighted by molar-refractivity contribution is 0.350. The number of hydrogen-bond acceptors (Lipinski definition) is 6. The van der Waals surface area contributed by atoms with E-state index in [1.165, 1.54) is 0 Å². The molecular weight excluding hydrogens is 414 g/mol. The minimum Gasteiger partial charge on any atom is -0.496 e. The molecule has 0 radical (unpaired) electrons. The number of rotatable bonds is 7. The van der Waals surface area contributed by atoms with Gasteiger partial charge in [0.2, 0.25) is 20.0 Å². The summed E-state index contributed by atoms with van der Waals surface area (Å²) in [6.07, 6.45) is 1.45. The Balaban J connectivity index is 1.98. The van der Waals surface area contributed by atoms with E-state index in [0.29, 0.717) is 23.6 Å². The van der Waals surface area contributed by atoms with Gasteiger partial charge in [0, 0.05) is 17.7 Å². The smallest absolute Gasteiger partial charge is 0.250 e. The molecule has 1 heterocycles. The van der Waals surface area contributed by atoms with Crippen molar-refractivity contribution in [1.82, 2.24) is 4.41 Å². The van der Waals surface area contributed by atoms with Crippen LogP contribution in [0.2, 0.25) is 0 Å². The lowest BCUT2D eigenvalue weighted by Crippen LogP contribution is -2.28. The number of para-hydroxylation sites is 1. The van der Waals surface area contributed by atoms with Crippen molar-refractivity contribution < 1.29 is 21.6 Å². The topological polar surface area (TPSA) is 105 Å². The second-order valence-electron chi connectivity index (χ2n) is 6.63. The summed E-state index contributed by atoms with van der Waals surface area (Å²) in [4.78, 5) is 0. The van der Waals surface area contributed by atoms with Gasteiger partial charge >= 0.3 is 0 Å². The first kappa shape index (κ1) is 21.1. The van der Waals surface area contributed by atoms with Gasteiger partial charge in [-0.15, -0.1) is 0 Å². The van der Waals surface area contributed by atoms with Crippen LogP contribution in [0, 0.1) is 0 Å². The SMILES string of the molecule is CCS(=O)(=O)N1N=C(c2ccc(NS(C)(=O)=O)cc2)CC1c1ccccc1OC. The van der Waals surface area contributed by atoms with Gasteiger partial charge in [-0.3, -0.25) is 4.72 Å². The van der Waals surface area contributed by atoms with Crippen LogP contribution in [0.15, 0.2) is 53.6 Å². The highest BCUT2D eigenvalue weighted by atomic mass is 32.2. The van der Waals surface area contributed by atoms with Gasteiger partial charge in [-0.25, -0.2) is 16.8 Å². The van der Waals surface area contributed by atoms with Crippen LogP contribution in [-0.4, -0.2) is 46.1 Å². The number of ether oxygens (including phenoxy) is 1. The van der Waals surface area contributed by atoms with Crippen molar-refractivity contribution in [3.05, 3.63) is 59.7 Å². The fourth-order valence-corrected chi connectivity index (χ4v) is 4.80. The van der Waals surface area contributed by atoms with Gasteiger partial charge in [-0.2, -0.15) is 9.52 Å². The average Bonchev–Trinajstić information content (AvgIpc) is 3.13. The molecule has 1 aliphatic rings.